The molecule has 1 atom stereocenters. The molecule has 1 unspecified atom stereocenters. The van der Waals surface area contributed by atoms with Gasteiger partial charge in [0.2, 0.25) is 0 Å². The molecule has 1 heterocycles. The van der Waals surface area contributed by atoms with Crippen molar-refractivity contribution in [3.63, 3.8) is 0 Å². The summed E-state index contributed by atoms with van der Waals surface area (Å²) in [5.74, 6) is 3.70. The summed E-state index contributed by atoms with van der Waals surface area (Å²) in [6, 6.07) is 0.741. The molecule has 2 heteroatoms. The minimum Gasteiger partial charge on any atom is -0.313 e. The van der Waals surface area contributed by atoms with Crippen molar-refractivity contribution in [2.45, 2.75) is 64.8 Å². The van der Waals surface area contributed by atoms with Crippen LogP contribution in [0.3, 0.4) is 0 Å². The van der Waals surface area contributed by atoms with E-state index in [1.165, 1.54) is 63.0 Å². The van der Waals surface area contributed by atoms with Crippen LogP contribution in [0.2, 0.25) is 0 Å². The molecule has 2 aliphatic rings. The molecule has 0 aromatic rings. The predicted octanol–water partition coefficient (Wildman–Crippen LogP) is 4.08. The first kappa shape index (κ1) is 13.7. The second-order valence-corrected chi connectivity index (χ2v) is 7.76. The van der Waals surface area contributed by atoms with Crippen molar-refractivity contribution in [1.82, 2.24) is 5.32 Å². The van der Waals surface area contributed by atoms with Gasteiger partial charge in [-0.2, -0.15) is 11.8 Å². The molecule has 100 valence electrons. The summed E-state index contributed by atoms with van der Waals surface area (Å²) in [4.78, 5) is 0. The molecule has 17 heavy (non-hydrogen) atoms. The van der Waals surface area contributed by atoms with Gasteiger partial charge in [0.1, 0.15) is 0 Å². The van der Waals surface area contributed by atoms with E-state index in [0.29, 0.717) is 5.41 Å². The van der Waals surface area contributed by atoms with Gasteiger partial charge in [-0.1, -0.05) is 46.0 Å². The highest BCUT2D eigenvalue weighted by Crippen LogP contribution is 2.34. The van der Waals surface area contributed by atoms with Gasteiger partial charge in [-0.3, -0.25) is 0 Å². The molecule has 0 spiro atoms. The van der Waals surface area contributed by atoms with Gasteiger partial charge in [0, 0.05) is 11.8 Å². The summed E-state index contributed by atoms with van der Waals surface area (Å²) < 4.78 is 0. The lowest BCUT2D eigenvalue weighted by Gasteiger charge is -2.39. The fraction of sp³-hybridized carbons (Fsp3) is 1.00. The van der Waals surface area contributed by atoms with Crippen molar-refractivity contribution in [2.24, 2.45) is 11.3 Å². The second-order valence-electron chi connectivity index (χ2n) is 6.61. The minimum absolute atomic E-state index is 0.512. The summed E-state index contributed by atoms with van der Waals surface area (Å²) >= 11 is 2.13. The molecule has 0 aromatic heterocycles. The fourth-order valence-corrected chi connectivity index (χ4v) is 4.85. The molecule has 1 aliphatic carbocycles. The summed E-state index contributed by atoms with van der Waals surface area (Å²) in [6.07, 6.45) is 10.2. The van der Waals surface area contributed by atoms with Crippen LogP contribution < -0.4 is 5.32 Å². The Balaban J connectivity index is 1.66. The quantitative estimate of drug-likeness (QED) is 0.812. The molecule has 1 saturated carbocycles. The Morgan fingerprint density at radius 2 is 1.94 bits per heavy atom. The lowest BCUT2D eigenvalue weighted by atomic mass is 9.82. The number of rotatable bonds is 4. The van der Waals surface area contributed by atoms with Gasteiger partial charge in [0.15, 0.2) is 0 Å². The van der Waals surface area contributed by atoms with Gasteiger partial charge in [-0.15, -0.1) is 0 Å². The minimum atomic E-state index is 0.512. The average Bonchev–Trinajstić information content (AvgIpc) is 2.32. The van der Waals surface area contributed by atoms with E-state index in [4.69, 9.17) is 0 Å². The normalized spacial score (nSPS) is 30.4. The molecule has 0 amide bonds. The van der Waals surface area contributed by atoms with E-state index in [9.17, 15) is 0 Å². The number of hydrogen-bond acceptors (Lipinski definition) is 2. The molecular weight excluding hydrogens is 226 g/mol. The molecule has 0 radical (unpaired) electrons. The van der Waals surface area contributed by atoms with E-state index in [1.807, 2.05) is 0 Å². The average molecular weight is 255 g/mol. The number of nitrogens with one attached hydrogen (secondary N) is 1. The Hall–Kier alpha value is 0.310. The molecule has 0 aromatic carbocycles. The van der Waals surface area contributed by atoms with E-state index in [2.05, 4.69) is 30.9 Å². The summed E-state index contributed by atoms with van der Waals surface area (Å²) in [7, 11) is 0. The van der Waals surface area contributed by atoms with Crippen LogP contribution in [0.15, 0.2) is 0 Å². The lowest BCUT2D eigenvalue weighted by molar-refractivity contribution is 0.236. The molecule has 1 nitrogen and oxygen atoms in total. The van der Waals surface area contributed by atoms with Crippen LogP contribution in [-0.4, -0.2) is 24.1 Å². The monoisotopic (exact) mass is 255 g/mol. The molecular formula is C15H29NS. The van der Waals surface area contributed by atoms with Crippen LogP contribution in [0.25, 0.3) is 0 Å². The van der Waals surface area contributed by atoms with Crippen molar-refractivity contribution >= 4 is 11.8 Å². The molecule has 1 N–H and O–H groups in total. The van der Waals surface area contributed by atoms with Gasteiger partial charge in [-0.05, 0) is 36.5 Å². The largest absolute Gasteiger partial charge is 0.313 e. The third-order valence-corrected chi connectivity index (χ3v) is 5.85. The summed E-state index contributed by atoms with van der Waals surface area (Å²) in [5, 5.41) is 3.84. The van der Waals surface area contributed by atoms with Crippen LogP contribution in [0.4, 0.5) is 0 Å². The Kier molecular flexibility index (Phi) is 5.23. The van der Waals surface area contributed by atoms with Gasteiger partial charge < -0.3 is 5.32 Å². The van der Waals surface area contributed by atoms with Gasteiger partial charge in [0.05, 0.1) is 0 Å². The SMILES string of the molecule is CC1(C)CCSCC1NCCC1CCCCC1. The van der Waals surface area contributed by atoms with E-state index >= 15 is 0 Å². The van der Waals surface area contributed by atoms with Crippen LogP contribution in [0.5, 0.6) is 0 Å². The zero-order chi connectivity index (χ0) is 12.1. The number of thioether (sulfide) groups is 1. The third-order valence-electron chi connectivity index (χ3n) is 4.79. The Bertz CT molecular complexity index is 221. The van der Waals surface area contributed by atoms with Gasteiger partial charge in [-0.25, -0.2) is 0 Å². The Labute approximate surface area is 112 Å². The predicted molar refractivity (Wildman–Crippen MR) is 78.7 cm³/mol. The first-order valence-electron chi connectivity index (χ1n) is 7.49. The van der Waals surface area contributed by atoms with E-state index < -0.39 is 0 Å². The molecule has 1 saturated heterocycles. The Morgan fingerprint density at radius 3 is 2.65 bits per heavy atom. The maximum atomic E-state index is 3.84. The Morgan fingerprint density at radius 1 is 1.18 bits per heavy atom. The van der Waals surface area contributed by atoms with Crippen molar-refractivity contribution in [3.8, 4) is 0 Å². The van der Waals surface area contributed by atoms with Gasteiger partial charge in [0.25, 0.3) is 0 Å². The third kappa shape index (κ3) is 4.17. The second kappa shape index (κ2) is 6.47. The van der Waals surface area contributed by atoms with Gasteiger partial charge >= 0.3 is 0 Å². The van der Waals surface area contributed by atoms with Crippen LogP contribution in [0, 0.1) is 11.3 Å². The van der Waals surface area contributed by atoms with Crippen molar-refractivity contribution < 1.29 is 0 Å². The summed E-state index contributed by atoms with van der Waals surface area (Å²) in [5.41, 5.74) is 0.512. The molecule has 1 aliphatic heterocycles. The molecule has 2 rings (SSSR count). The fourth-order valence-electron chi connectivity index (χ4n) is 3.21. The summed E-state index contributed by atoms with van der Waals surface area (Å²) in [6.45, 7) is 6.12. The number of hydrogen-bond donors (Lipinski definition) is 1. The highest BCUT2D eigenvalue weighted by Gasteiger charge is 2.32. The highest BCUT2D eigenvalue weighted by atomic mass is 32.2. The van der Waals surface area contributed by atoms with Crippen molar-refractivity contribution in [3.05, 3.63) is 0 Å². The first-order valence-corrected chi connectivity index (χ1v) is 8.65. The van der Waals surface area contributed by atoms with Crippen LogP contribution >= 0.6 is 11.8 Å². The van der Waals surface area contributed by atoms with Crippen LogP contribution in [-0.2, 0) is 0 Å². The smallest absolute Gasteiger partial charge is 0.0209 e. The maximum Gasteiger partial charge on any atom is 0.0209 e. The lowest BCUT2D eigenvalue weighted by Crippen LogP contribution is -2.47. The van der Waals surface area contributed by atoms with E-state index in [-0.39, 0.29) is 0 Å². The standard InChI is InChI=1S/C15H29NS/c1-15(2)9-11-17-12-14(15)16-10-8-13-6-4-3-5-7-13/h13-14,16H,3-12H2,1-2H3. The zero-order valence-corrected chi connectivity index (χ0v) is 12.5. The highest BCUT2D eigenvalue weighted by molar-refractivity contribution is 7.99. The van der Waals surface area contributed by atoms with Crippen molar-refractivity contribution in [2.75, 3.05) is 18.1 Å². The first-order chi connectivity index (χ1) is 8.18. The molecule has 0 bridgehead atoms. The maximum absolute atomic E-state index is 3.84. The zero-order valence-electron chi connectivity index (χ0n) is 11.6. The van der Waals surface area contributed by atoms with Crippen molar-refractivity contribution in [1.29, 1.82) is 0 Å². The van der Waals surface area contributed by atoms with Crippen LogP contribution in [0.1, 0.15) is 58.8 Å². The van der Waals surface area contributed by atoms with E-state index in [1.54, 1.807) is 0 Å². The topological polar surface area (TPSA) is 12.0 Å². The van der Waals surface area contributed by atoms with E-state index in [0.717, 1.165) is 12.0 Å². The molecule has 2 fully saturated rings.